The van der Waals surface area contributed by atoms with Crippen LogP contribution in [0.5, 0.6) is 11.5 Å². The Morgan fingerprint density at radius 3 is 2.62 bits per heavy atom. The van der Waals surface area contributed by atoms with Gasteiger partial charge in [-0.15, -0.1) is 0 Å². The summed E-state index contributed by atoms with van der Waals surface area (Å²) >= 11 is 0. The van der Waals surface area contributed by atoms with Crippen LogP contribution in [0.1, 0.15) is 38.2 Å². The van der Waals surface area contributed by atoms with Gasteiger partial charge in [-0.05, 0) is 42.5 Å². The summed E-state index contributed by atoms with van der Waals surface area (Å²) in [7, 11) is 0. The van der Waals surface area contributed by atoms with E-state index in [9.17, 15) is 9.59 Å². The topological polar surface area (TPSA) is 64.6 Å². The van der Waals surface area contributed by atoms with Crippen LogP contribution in [-0.2, 0) is 9.59 Å². The van der Waals surface area contributed by atoms with Crippen LogP contribution in [0.4, 0.5) is 5.69 Å². The first-order valence-electron chi connectivity index (χ1n) is 8.86. The van der Waals surface area contributed by atoms with Crippen LogP contribution in [0, 0.1) is 5.92 Å². The highest BCUT2D eigenvalue weighted by Gasteiger charge is 2.29. The lowest BCUT2D eigenvalue weighted by Crippen LogP contribution is -2.18. The SMILES string of the molecule is CC(C)c1ccccc1OC(=O)COc1cccc(NC(=O)C2CC2)c1. The van der Waals surface area contributed by atoms with Crippen LogP contribution < -0.4 is 14.8 Å². The maximum atomic E-state index is 12.1. The Morgan fingerprint density at radius 1 is 1.12 bits per heavy atom. The summed E-state index contributed by atoms with van der Waals surface area (Å²) in [5, 5.41) is 2.86. The lowest BCUT2D eigenvalue weighted by molar-refractivity contribution is -0.136. The van der Waals surface area contributed by atoms with Gasteiger partial charge in [0.05, 0.1) is 0 Å². The molecule has 0 spiro atoms. The van der Waals surface area contributed by atoms with Gasteiger partial charge in [-0.25, -0.2) is 4.79 Å². The van der Waals surface area contributed by atoms with E-state index in [-0.39, 0.29) is 24.3 Å². The average Bonchev–Trinajstić information content (AvgIpc) is 3.46. The molecule has 0 saturated heterocycles. The largest absolute Gasteiger partial charge is 0.482 e. The second kappa shape index (κ2) is 8.04. The molecule has 0 radical (unpaired) electrons. The summed E-state index contributed by atoms with van der Waals surface area (Å²) in [6, 6.07) is 14.5. The van der Waals surface area contributed by atoms with Gasteiger partial charge < -0.3 is 14.8 Å². The molecule has 0 heterocycles. The Hall–Kier alpha value is -2.82. The van der Waals surface area contributed by atoms with Crippen molar-refractivity contribution in [1.82, 2.24) is 0 Å². The van der Waals surface area contributed by atoms with Gasteiger partial charge in [-0.2, -0.15) is 0 Å². The van der Waals surface area contributed by atoms with E-state index in [2.05, 4.69) is 5.32 Å². The van der Waals surface area contributed by atoms with E-state index in [1.165, 1.54) is 0 Å². The van der Waals surface area contributed by atoms with Crippen molar-refractivity contribution >= 4 is 17.6 Å². The van der Waals surface area contributed by atoms with Gasteiger partial charge in [0, 0.05) is 17.7 Å². The number of nitrogens with one attached hydrogen (secondary N) is 1. The molecule has 26 heavy (non-hydrogen) atoms. The summed E-state index contributed by atoms with van der Waals surface area (Å²) in [4.78, 5) is 23.9. The molecular weight excluding hydrogens is 330 g/mol. The number of ether oxygens (including phenoxy) is 2. The number of amides is 1. The molecule has 0 aromatic heterocycles. The predicted octanol–water partition coefficient (Wildman–Crippen LogP) is 4.14. The van der Waals surface area contributed by atoms with Gasteiger partial charge in [0.1, 0.15) is 11.5 Å². The zero-order chi connectivity index (χ0) is 18.5. The normalized spacial score (nSPS) is 13.3. The van der Waals surface area contributed by atoms with Gasteiger partial charge in [0.2, 0.25) is 5.91 Å². The maximum Gasteiger partial charge on any atom is 0.349 e. The third-order valence-corrected chi connectivity index (χ3v) is 4.17. The van der Waals surface area contributed by atoms with Crippen LogP contribution in [0.2, 0.25) is 0 Å². The van der Waals surface area contributed by atoms with Crippen molar-refractivity contribution in [2.75, 3.05) is 11.9 Å². The van der Waals surface area contributed by atoms with Crippen molar-refractivity contribution in [1.29, 1.82) is 0 Å². The summed E-state index contributed by atoms with van der Waals surface area (Å²) in [6.45, 7) is 3.89. The molecule has 1 N–H and O–H groups in total. The van der Waals surface area contributed by atoms with Crippen molar-refractivity contribution in [3.05, 3.63) is 54.1 Å². The maximum absolute atomic E-state index is 12.1. The third kappa shape index (κ3) is 4.85. The lowest BCUT2D eigenvalue weighted by atomic mass is 10.0. The van der Waals surface area contributed by atoms with Crippen LogP contribution in [0.15, 0.2) is 48.5 Å². The number of anilines is 1. The molecular formula is C21H23NO4. The molecule has 136 valence electrons. The first-order valence-corrected chi connectivity index (χ1v) is 8.86. The standard InChI is InChI=1S/C21H23NO4/c1-14(2)18-8-3-4-9-19(18)26-20(23)13-25-17-7-5-6-16(12-17)22-21(24)15-10-11-15/h3-9,12,14-15H,10-11,13H2,1-2H3,(H,22,24). The van der Waals surface area contributed by atoms with Crippen LogP contribution in [0.25, 0.3) is 0 Å². The molecule has 2 aromatic carbocycles. The van der Waals surface area contributed by atoms with E-state index >= 15 is 0 Å². The van der Waals surface area contributed by atoms with Gasteiger partial charge in [-0.1, -0.05) is 38.1 Å². The van der Waals surface area contributed by atoms with E-state index in [0.29, 0.717) is 17.2 Å². The number of carbonyl (C=O) groups excluding carboxylic acids is 2. The highest BCUT2D eigenvalue weighted by Crippen LogP contribution is 2.30. The highest BCUT2D eigenvalue weighted by atomic mass is 16.6. The molecule has 5 nitrogen and oxygen atoms in total. The highest BCUT2D eigenvalue weighted by molar-refractivity contribution is 5.94. The molecule has 0 aliphatic heterocycles. The van der Waals surface area contributed by atoms with Gasteiger partial charge in [0.25, 0.3) is 0 Å². The van der Waals surface area contributed by atoms with Crippen LogP contribution >= 0.6 is 0 Å². The monoisotopic (exact) mass is 353 g/mol. The number of hydrogen-bond acceptors (Lipinski definition) is 4. The number of carbonyl (C=O) groups is 2. The lowest BCUT2D eigenvalue weighted by Gasteiger charge is -2.13. The van der Waals surface area contributed by atoms with Crippen LogP contribution in [-0.4, -0.2) is 18.5 Å². The Labute approximate surface area is 153 Å². The molecule has 1 saturated carbocycles. The number of rotatable bonds is 7. The summed E-state index contributed by atoms with van der Waals surface area (Å²) in [5.41, 5.74) is 1.64. The molecule has 3 rings (SSSR count). The third-order valence-electron chi connectivity index (χ3n) is 4.17. The second-order valence-corrected chi connectivity index (χ2v) is 6.75. The molecule has 1 aliphatic rings. The number of hydrogen-bond donors (Lipinski definition) is 1. The van der Waals surface area contributed by atoms with E-state index < -0.39 is 5.97 Å². The molecule has 5 heteroatoms. The molecule has 0 atom stereocenters. The Balaban J connectivity index is 1.55. The van der Waals surface area contributed by atoms with Crippen molar-refractivity contribution in [3.63, 3.8) is 0 Å². The van der Waals surface area contributed by atoms with Crippen molar-refractivity contribution in [2.24, 2.45) is 5.92 Å². The molecule has 1 amide bonds. The zero-order valence-electron chi connectivity index (χ0n) is 15.0. The van der Waals surface area contributed by atoms with Gasteiger partial charge >= 0.3 is 5.97 Å². The molecule has 1 aliphatic carbocycles. The molecule has 1 fully saturated rings. The molecule has 0 unspecified atom stereocenters. The summed E-state index contributed by atoms with van der Waals surface area (Å²) in [5.74, 6) is 1.02. The minimum absolute atomic E-state index is 0.0341. The van der Waals surface area contributed by atoms with E-state index in [1.807, 2.05) is 32.0 Å². The van der Waals surface area contributed by atoms with Crippen molar-refractivity contribution < 1.29 is 19.1 Å². The summed E-state index contributed by atoms with van der Waals surface area (Å²) in [6.07, 6.45) is 1.90. The zero-order valence-corrected chi connectivity index (χ0v) is 15.0. The van der Waals surface area contributed by atoms with Crippen molar-refractivity contribution in [3.8, 4) is 11.5 Å². The first-order chi connectivity index (χ1) is 12.5. The fraction of sp³-hybridized carbons (Fsp3) is 0.333. The Morgan fingerprint density at radius 2 is 1.88 bits per heavy atom. The van der Waals surface area contributed by atoms with E-state index in [4.69, 9.17) is 9.47 Å². The smallest absolute Gasteiger partial charge is 0.349 e. The fourth-order valence-electron chi connectivity index (χ4n) is 2.60. The van der Waals surface area contributed by atoms with Crippen LogP contribution in [0.3, 0.4) is 0 Å². The predicted molar refractivity (Wildman–Crippen MR) is 99.5 cm³/mol. The first kappa shape index (κ1) is 18.0. The quantitative estimate of drug-likeness (QED) is 0.600. The summed E-state index contributed by atoms with van der Waals surface area (Å²) < 4.78 is 10.9. The van der Waals surface area contributed by atoms with E-state index in [0.717, 1.165) is 18.4 Å². The van der Waals surface area contributed by atoms with Crippen molar-refractivity contribution in [2.45, 2.75) is 32.6 Å². The van der Waals surface area contributed by atoms with Gasteiger partial charge in [-0.3, -0.25) is 4.79 Å². The average molecular weight is 353 g/mol. The molecule has 0 bridgehead atoms. The minimum atomic E-state index is -0.467. The number of para-hydroxylation sites is 1. The number of benzene rings is 2. The fourth-order valence-corrected chi connectivity index (χ4v) is 2.60. The minimum Gasteiger partial charge on any atom is -0.482 e. The number of esters is 1. The van der Waals surface area contributed by atoms with E-state index in [1.54, 1.807) is 30.3 Å². The molecule has 2 aromatic rings. The Bertz CT molecular complexity index is 796. The Kier molecular flexibility index (Phi) is 5.56. The van der Waals surface area contributed by atoms with Gasteiger partial charge in [0.15, 0.2) is 6.61 Å². The second-order valence-electron chi connectivity index (χ2n) is 6.75.